The summed E-state index contributed by atoms with van der Waals surface area (Å²) in [5, 5.41) is 12.7. The number of phenolic OH excluding ortho intramolecular Hbond substituents is 1. The minimum Gasteiger partial charge on any atom is -0.508 e. The van der Waals surface area contributed by atoms with Gasteiger partial charge in [0.05, 0.1) is 18.7 Å². The van der Waals surface area contributed by atoms with Crippen LogP contribution in [0.3, 0.4) is 0 Å². The molecule has 24 heavy (non-hydrogen) atoms. The van der Waals surface area contributed by atoms with E-state index in [1.807, 2.05) is 12.1 Å². The average molecular weight is 351 g/mol. The molecule has 0 aliphatic heterocycles. The van der Waals surface area contributed by atoms with Crippen molar-refractivity contribution in [2.75, 3.05) is 19.6 Å². The highest BCUT2D eigenvalue weighted by Crippen LogP contribution is 2.23. The number of nitrogens with one attached hydrogen (secondary N) is 1. The van der Waals surface area contributed by atoms with E-state index in [9.17, 15) is 9.90 Å². The molecule has 0 bridgehead atoms. The smallest absolute Gasteiger partial charge is 0.224 e. The number of carbonyl (C=O) groups is 1. The van der Waals surface area contributed by atoms with Gasteiger partial charge < -0.3 is 14.8 Å². The molecule has 1 atom stereocenters. The van der Waals surface area contributed by atoms with Crippen LogP contribution in [-0.2, 0) is 11.2 Å². The molecule has 2 rings (SSSR count). The zero-order valence-corrected chi connectivity index (χ0v) is 14.7. The quantitative estimate of drug-likeness (QED) is 0.766. The fourth-order valence-electron chi connectivity index (χ4n) is 2.68. The van der Waals surface area contributed by atoms with Crippen molar-refractivity contribution in [1.29, 1.82) is 0 Å². The maximum Gasteiger partial charge on any atom is 0.224 e. The number of hydrogen-bond acceptors (Lipinski definition) is 4. The van der Waals surface area contributed by atoms with E-state index in [-0.39, 0.29) is 24.1 Å². The van der Waals surface area contributed by atoms with Gasteiger partial charge in [-0.15, -0.1) is 0 Å². The van der Waals surface area contributed by atoms with Crippen LogP contribution in [0.1, 0.15) is 31.2 Å². The van der Waals surface area contributed by atoms with Crippen LogP contribution < -0.4 is 5.32 Å². The second-order valence-corrected chi connectivity index (χ2v) is 5.92. The lowest BCUT2D eigenvalue weighted by molar-refractivity contribution is -0.120. The van der Waals surface area contributed by atoms with Gasteiger partial charge in [0.1, 0.15) is 11.5 Å². The molecule has 0 aliphatic carbocycles. The third-order valence-corrected chi connectivity index (χ3v) is 4.36. The van der Waals surface area contributed by atoms with Crippen LogP contribution >= 0.6 is 11.6 Å². The van der Waals surface area contributed by atoms with Gasteiger partial charge in [0, 0.05) is 11.6 Å². The number of likely N-dealkylation sites (N-methyl/N-ethyl adjacent to an activating group) is 1. The largest absolute Gasteiger partial charge is 0.508 e. The average Bonchev–Trinajstić information content (AvgIpc) is 3.08. The van der Waals surface area contributed by atoms with E-state index in [0.29, 0.717) is 17.1 Å². The van der Waals surface area contributed by atoms with E-state index >= 15 is 0 Å². The Balaban J connectivity index is 1.99. The lowest BCUT2D eigenvalue weighted by Gasteiger charge is -2.28. The van der Waals surface area contributed by atoms with Crippen LogP contribution in [0.5, 0.6) is 5.75 Å². The Morgan fingerprint density at radius 3 is 2.67 bits per heavy atom. The fraction of sp³-hybridized carbons (Fsp3) is 0.389. The first-order valence-electron chi connectivity index (χ1n) is 8.06. The first-order valence-corrected chi connectivity index (χ1v) is 8.44. The van der Waals surface area contributed by atoms with Crippen molar-refractivity contribution in [3.8, 4) is 5.75 Å². The van der Waals surface area contributed by atoms with Crippen molar-refractivity contribution in [3.63, 3.8) is 0 Å². The van der Waals surface area contributed by atoms with Gasteiger partial charge in [-0.05, 0) is 42.9 Å². The first kappa shape index (κ1) is 18.4. The second kappa shape index (κ2) is 8.76. The summed E-state index contributed by atoms with van der Waals surface area (Å²) in [7, 11) is 0. The van der Waals surface area contributed by atoms with Crippen molar-refractivity contribution in [2.24, 2.45) is 0 Å². The third-order valence-electron chi connectivity index (χ3n) is 4.00. The maximum absolute atomic E-state index is 12.2. The van der Waals surface area contributed by atoms with Crippen molar-refractivity contribution in [2.45, 2.75) is 26.3 Å². The lowest BCUT2D eigenvalue weighted by Crippen LogP contribution is -2.38. The van der Waals surface area contributed by atoms with Gasteiger partial charge in [0.25, 0.3) is 0 Å². The maximum atomic E-state index is 12.2. The SMILES string of the molecule is CCN(CC)C(CNC(=O)Cc1ccc(O)cc1Cl)c1ccco1. The van der Waals surface area contributed by atoms with Gasteiger partial charge in [-0.25, -0.2) is 0 Å². The fourth-order valence-corrected chi connectivity index (χ4v) is 2.92. The molecule has 1 aromatic carbocycles. The number of halogens is 1. The van der Waals surface area contributed by atoms with Crippen LogP contribution in [0.25, 0.3) is 0 Å². The summed E-state index contributed by atoms with van der Waals surface area (Å²) in [6, 6.07) is 8.39. The summed E-state index contributed by atoms with van der Waals surface area (Å²) in [5.74, 6) is 0.802. The number of furan rings is 1. The van der Waals surface area contributed by atoms with Crippen LogP contribution in [0, 0.1) is 0 Å². The molecule has 2 aromatic rings. The summed E-state index contributed by atoms with van der Waals surface area (Å²) in [6.07, 6.45) is 1.81. The summed E-state index contributed by atoms with van der Waals surface area (Å²) < 4.78 is 5.52. The number of hydrogen-bond donors (Lipinski definition) is 2. The van der Waals surface area contributed by atoms with E-state index in [2.05, 4.69) is 24.1 Å². The Kier molecular flexibility index (Phi) is 6.70. The predicted molar refractivity (Wildman–Crippen MR) is 94.2 cm³/mol. The Morgan fingerprint density at radius 1 is 1.33 bits per heavy atom. The van der Waals surface area contributed by atoms with Gasteiger partial charge in [0.15, 0.2) is 0 Å². The van der Waals surface area contributed by atoms with Crippen LogP contribution in [0.2, 0.25) is 5.02 Å². The molecule has 0 radical (unpaired) electrons. The van der Waals surface area contributed by atoms with Crippen molar-refractivity contribution >= 4 is 17.5 Å². The van der Waals surface area contributed by atoms with Crippen LogP contribution in [-0.4, -0.2) is 35.5 Å². The molecule has 0 fully saturated rings. The first-order chi connectivity index (χ1) is 11.5. The summed E-state index contributed by atoms with van der Waals surface area (Å²) in [5.41, 5.74) is 0.685. The molecule has 6 heteroatoms. The molecule has 0 saturated carbocycles. The highest BCUT2D eigenvalue weighted by atomic mass is 35.5. The molecule has 2 N–H and O–H groups in total. The molecular formula is C18H23ClN2O3. The number of carbonyl (C=O) groups excluding carboxylic acids is 1. The van der Waals surface area contributed by atoms with E-state index in [1.54, 1.807) is 12.3 Å². The molecule has 130 valence electrons. The minimum absolute atomic E-state index is 0.00533. The summed E-state index contributed by atoms with van der Waals surface area (Å²) >= 11 is 6.05. The number of amides is 1. The highest BCUT2D eigenvalue weighted by molar-refractivity contribution is 6.31. The van der Waals surface area contributed by atoms with Crippen molar-refractivity contribution < 1.29 is 14.3 Å². The molecule has 0 aliphatic rings. The van der Waals surface area contributed by atoms with Gasteiger partial charge in [-0.3, -0.25) is 9.69 Å². The predicted octanol–water partition coefficient (Wildman–Crippen LogP) is 3.38. The monoisotopic (exact) mass is 350 g/mol. The molecule has 1 amide bonds. The second-order valence-electron chi connectivity index (χ2n) is 5.51. The van der Waals surface area contributed by atoms with Gasteiger partial charge in [0.2, 0.25) is 5.91 Å². The number of phenols is 1. The van der Waals surface area contributed by atoms with Gasteiger partial charge >= 0.3 is 0 Å². The van der Waals surface area contributed by atoms with E-state index in [4.69, 9.17) is 16.0 Å². The topological polar surface area (TPSA) is 65.7 Å². The normalized spacial score (nSPS) is 12.3. The molecule has 1 unspecified atom stereocenters. The molecule has 0 saturated heterocycles. The van der Waals surface area contributed by atoms with Gasteiger partial charge in [-0.2, -0.15) is 0 Å². The Bertz CT molecular complexity index is 654. The molecule has 1 heterocycles. The molecule has 5 nitrogen and oxygen atoms in total. The number of nitrogens with zero attached hydrogens (tertiary/aromatic N) is 1. The zero-order valence-electron chi connectivity index (χ0n) is 14.0. The van der Waals surface area contributed by atoms with E-state index in [0.717, 1.165) is 18.8 Å². The van der Waals surface area contributed by atoms with Crippen LogP contribution in [0.4, 0.5) is 0 Å². The Labute approximate surface area is 147 Å². The molecule has 0 spiro atoms. The highest BCUT2D eigenvalue weighted by Gasteiger charge is 2.21. The van der Waals surface area contributed by atoms with E-state index in [1.165, 1.54) is 12.1 Å². The van der Waals surface area contributed by atoms with Crippen molar-refractivity contribution in [1.82, 2.24) is 10.2 Å². The van der Waals surface area contributed by atoms with Crippen LogP contribution in [0.15, 0.2) is 41.0 Å². The number of benzene rings is 1. The molecule has 1 aromatic heterocycles. The van der Waals surface area contributed by atoms with E-state index < -0.39 is 0 Å². The third kappa shape index (κ3) is 4.76. The summed E-state index contributed by atoms with van der Waals surface area (Å²) in [6.45, 7) is 6.35. The zero-order chi connectivity index (χ0) is 17.5. The Morgan fingerprint density at radius 2 is 2.08 bits per heavy atom. The lowest BCUT2D eigenvalue weighted by atomic mass is 10.1. The Hall–Kier alpha value is -1.98. The summed E-state index contributed by atoms with van der Waals surface area (Å²) in [4.78, 5) is 14.5. The number of rotatable bonds is 8. The van der Waals surface area contributed by atoms with Crippen molar-refractivity contribution in [3.05, 3.63) is 52.9 Å². The number of aromatic hydroxyl groups is 1. The van der Waals surface area contributed by atoms with Gasteiger partial charge in [-0.1, -0.05) is 31.5 Å². The molecular weight excluding hydrogens is 328 g/mol. The minimum atomic E-state index is -0.119. The standard InChI is InChI=1S/C18H23ClN2O3/c1-3-21(4-2)16(17-6-5-9-24-17)12-20-18(23)10-13-7-8-14(22)11-15(13)19/h5-9,11,16,22H,3-4,10,12H2,1-2H3,(H,20,23).